The minimum atomic E-state index is 0.294. The van der Waals surface area contributed by atoms with Gasteiger partial charge in [-0.25, -0.2) is 9.98 Å². The number of hydrogen-bond donors (Lipinski definition) is 2. The molecular weight excluding hydrogens is 188 g/mol. The van der Waals surface area contributed by atoms with Crippen LogP contribution in [0.2, 0.25) is 0 Å². The molecule has 1 aromatic rings. The predicted octanol–water partition coefficient (Wildman–Crippen LogP) is 2.09. The van der Waals surface area contributed by atoms with Crippen molar-refractivity contribution in [3.8, 4) is 0 Å². The third-order valence-corrected chi connectivity index (χ3v) is 2.44. The summed E-state index contributed by atoms with van der Waals surface area (Å²) in [5.74, 6) is 1.06. The number of fused-ring (bicyclic) bond motifs is 1. The van der Waals surface area contributed by atoms with Gasteiger partial charge in [-0.3, -0.25) is 0 Å². The van der Waals surface area contributed by atoms with Crippen LogP contribution in [0.5, 0.6) is 0 Å². The molecule has 0 aliphatic carbocycles. The molecule has 78 valence electrons. The number of guanidine groups is 1. The van der Waals surface area contributed by atoms with E-state index >= 15 is 0 Å². The highest BCUT2D eigenvalue weighted by Crippen LogP contribution is 2.29. The van der Waals surface area contributed by atoms with Crippen LogP contribution in [0, 0.1) is 13.8 Å². The number of benzene rings is 1. The minimum Gasteiger partial charge on any atom is -0.368 e. The highest BCUT2D eigenvalue weighted by atomic mass is 15.1. The second-order valence-electron chi connectivity index (χ2n) is 3.75. The topological polar surface area (TPSA) is 62.8 Å². The Labute approximate surface area is 88.9 Å². The van der Waals surface area contributed by atoms with Gasteiger partial charge < -0.3 is 11.1 Å². The monoisotopic (exact) mass is 202 g/mol. The number of anilines is 1. The lowest BCUT2D eigenvalue weighted by atomic mass is 10.1. The standard InChI is InChI=1S/C11H14N4/c1-6-4-9-10(5-7(6)2)15-11(12)14-8(3)13-9/h4-5H,1-3H3,(H3,12,13,14,15). The zero-order valence-electron chi connectivity index (χ0n) is 9.13. The van der Waals surface area contributed by atoms with Crippen LogP contribution in [0.3, 0.4) is 0 Å². The normalized spacial score (nSPS) is 14.6. The first-order valence-electron chi connectivity index (χ1n) is 4.84. The van der Waals surface area contributed by atoms with Crippen LogP contribution in [0.4, 0.5) is 11.4 Å². The second kappa shape index (κ2) is 3.38. The molecule has 1 heterocycles. The number of rotatable bonds is 0. The van der Waals surface area contributed by atoms with Crippen LogP contribution in [-0.2, 0) is 0 Å². The lowest BCUT2D eigenvalue weighted by Crippen LogP contribution is -2.12. The zero-order valence-corrected chi connectivity index (χ0v) is 9.13. The molecule has 15 heavy (non-hydrogen) atoms. The molecule has 4 heteroatoms. The minimum absolute atomic E-state index is 0.294. The van der Waals surface area contributed by atoms with Crippen LogP contribution in [0.25, 0.3) is 0 Å². The number of nitrogens with one attached hydrogen (secondary N) is 1. The molecule has 1 aromatic carbocycles. The lowest BCUT2D eigenvalue weighted by molar-refractivity contribution is 1.32. The summed E-state index contributed by atoms with van der Waals surface area (Å²) >= 11 is 0. The average Bonchev–Trinajstić information content (AvgIpc) is 2.24. The SMILES string of the molecule is CC1=NC(N)=Nc2cc(C)c(C)cc2N1. The number of aryl methyl sites for hydroxylation is 2. The first kappa shape index (κ1) is 9.71. The summed E-state index contributed by atoms with van der Waals surface area (Å²) in [6.45, 7) is 5.99. The maximum Gasteiger partial charge on any atom is 0.222 e. The van der Waals surface area contributed by atoms with E-state index in [0.29, 0.717) is 5.96 Å². The number of nitrogens with zero attached hydrogens (tertiary/aromatic N) is 2. The van der Waals surface area contributed by atoms with Gasteiger partial charge in [0.15, 0.2) is 0 Å². The number of hydrogen-bond acceptors (Lipinski definition) is 4. The molecule has 0 bridgehead atoms. The van der Waals surface area contributed by atoms with Gasteiger partial charge in [-0.15, -0.1) is 0 Å². The molecule has 0 atom stereocenters. The van der Waals surface area contributed by atoms with Crippen molar-refractivity contribution in [1.29, 1.82) is 0 Å². The first-order chi connectivity index (χ1) is 7.06. The molecule has 2 rings (SSSR count). The van der Waals surface area contributed by atoms with Gasteiger partial charge in [-0.2, -0.15) is 0 Å². The van der Waals surface area contributed by atoms with Crippen molar-refractivity contribution in [2.45, 2.75) is 20.8 Å². The van der Waals surface area contributed by atoms with E-state index < -0.39 is 0 Å². The van der Waals surface area contributed by atoms with Crippen molar-refractivity contribution in [3.05, 3.63) is 23.3 Å². The van der Waals surface area contributed by atoms with Gasteiger partial charge in [0.25, 0.3) is 0 Å². The number of aliphatic imine (C=N–C) groups is 2. The Hall–Kier alpha value is -1.84. The molecule has 0 spiro atoms. The van der Waals surface area contributed by atoms with Gasteiger partial charge in [-0.1, -0.05) is 0 Å². The summed E-state index contributed by atoms with van der Waals surface area (Å²) in [5, 5.41) is 3.18. The van der Waals surface area contributed by atoms with Gasteiger partial charge in [0.1, 0.15) is 5.84 Å². The number of amidine groups is 1. The van der Waals surface area contributed by atoms with Crippen molar-refractivity contribution in [2.24, 2.45) is 15.7 Å². The van der Waals surface area contributed by atoms with E-state index in [1.807, 2.05) is 13.0 Å². The third kappa shape index (κ3) is 1.83. The highest BCUT2D eigenvalue weighted by molar-refractivity contribution is 6.06. The zero-order chi connectivity index (χ0) is 11.0. The Kier molecular flexibility index (Phi) is 2.19. The van der Waals surface area contributed by atoms with Crippen LogP contribution in [0.15, 0.2) is 22.1 Å². The fourth-order valence-electron chi connectivity index (χ4n) is 1.54. The van der Waals surface area contributed by atoms with E-state index in [0.717, 1.165) is 17.2 Å². The van der Waals surface area contributed by atoms with E-state index in [1.54, 1.807) is 0 Å². The van der Waals surface area contributed by atoms with E-state index in [-0.39, 0.29) is 0 Å². The van der Waals surface area contributed by atoms with E-state index in [9.17, 15) is 0 Å². The summed E-state index contributed by atoms with van der Waals surface area (Å²) in [6, 6.07) is 4.07. The first-order valence-corrected chi connectivity index (χ1v) is 4.84. The van der Waals surface area contributed by atoms with Gasteiger partial charge in [-0.05, 0) is 44.0 Å². The van der Waals surface area contributed by atoms with Gasteiger partial charge >= 0.3 is 0 Å². The van der Waals surface area contributed by atoms with Gasteiger partial charge in [0.2, 0.25) is 5.96 Å². The summed E-state index contributed by atoms with van der Waals surface area (Å²) in [5.41, 5.74) is 9.88. The lowest BCUT2D eigenvalue weighted by Gasteiger charge is -2.09. The molecular formula is C11H14N4. The largest absolute Gasteiger partial charge is 0.368 e. The molecule has 3 N–H and O–H groups in total. The predicted molar refractivity (Wildman–Crippen MR) is 63.9 cm³/mol. The average molecular weight is 202 g/mol. The maximum atomic E-state index is 5.65. The van der Waals surface area contributed by atoms with Crippen molar-refractivity contribution >= 4 is 23.2 Å². The molecule has 1 aliphatic rings. The third-order valence-electron chi connectivity index (χ3n) is 2.44. The van der Waals surface area contributed by atoms with Crippen LogP contribution in [-0.4, -0.2) is 11.8 Å². The molecule has 0 fully saturated rings. The Morgan fingerprint density at radius 1 is 1.07 bits per heavy atom. The fourth-order valence-corrected chi connectivity index (χ4v) is 1.54. The van der Waals surface area contributed by atoms with Crippen molar-refractivity contribution in [2.75, 3.05) is 5.32 Å². The van der Waals surface area contributed by atoms with Crippen molar-refractivity contribution in [3.63, 3.8) is 0 Å². The highest BCUT2D eigenvalue weighted by Gasteiger charge is 2.09. The van der Waals surface area contributed by atoms with Gasteiger partial charge in [0, 0.05) is 0 Å². The number of nitrogens with two attached hydrogens (primary N) is 1. The molecule has 0 saturated heterocycles. The summed E-state index contributed by atoms with van der Waals surface area (Å²) in [4.78, 5) is 8.32. The molecule has 1 aliphatic heterocycles. The van der Waals surface area contributed by atoms with Crippen LogP contribution in [0.1, 0.15) is 18.1 Å². The molecule has 0 amide bonds. The summed E-state index contributed by atoms with van der Waals surface area (Å²) in [6.07, 6.45) is 0. The molecule has 0 unspecified atom stereocenters. The smallest absolute Gasteiger partial charge is 0.222 e. The molecule has 0 radical (unpaired) electrons. The Bertz CT molecular complexity index is 472. The fraction of sp³-hybridized carbons (Fsp3) is 0.273. The summed E-state index contributed by atoms with van der Waals surface area (Å²) in [7, 11) is 0. The van der Waals surface area contributed by atoms with E-state index in [4.69, 9.17) is 5.73 Å². The quantitative estimate of drug-likeness (QED) is 0.676. The van der Waals surface area contributed by atoms with Crippen molar-refractivity contribution < 1.29 is 0 Å². The second-order valence-corrected chi connectivity index (χ2v) is 3.75. The Balaban J connectivity index is 2.60. The molecule has 0 aromatic heterocycles. The summed E-state index contributed by atoms with van der Waals surface area (Å²) < 4.78 is 0. The van der Waals surface area contributed by atoms with Gasteiger partial charge in [0.05, 0.1) is 11.4 Å². The van der Waals surface area contributed by atoms with E-state index in [2.05, 4.69) is 35.2 Å². The van der Waals surface area contributed by atoms with Crippen molar-refractivity contribution in [1.82, 2.24) is 0 Å². The molecule has 4 nitrogen and oxygen atoms in total. The molecule has 0 saturated carbocycles. The Morgan fingerprint density at radius 2 is 1.73 bits per heavy atom. The van der Waals surface area contributed by atoms with E-state index in [1.165, 1.54) is 11.1 Å². The Morgan fingerprint density at radius 3 is 2.47 bits per heavy atom. The van der Waals surface area contributed by atoms with Crippen LogP contribution >= 0.6 is 0 Å². The maximum absolute atomic E-state index is 5.65. The van der Waals surface area contributed by atoms with Crippen LogP contribution < -0.4 is 11.1 Å².